The standard InChI is InChI=1S/C9H20N2/c1-8-4-3-5-11(6-8)7-9(2)10/h8-9H,3-7,10H2,1-2H3/t8?,9-/m1/s1. The van der Waals surface area contributed by atoms with E-state index in [0.717, 1.165) is 12.5 Å². The third-order valence-corrected chi connectivity index (χ3v) is 2.29. The van der Waals surface area contributed by atoms with E-state index in [4.69, 9.17) is 5.73 Å². The zero-order valence-corrected chi connectivity index (χ0v) is 7.71. The molecule has 66 valence electrons. The lowest BCUT2D eigenvalue weighted by Gasteiger charge is -2.31. The normalized spacial score (nSPS) is 30.3. The second-order valence-corrected chi connectivity index (χ2v) is 3.98. The van der Waals surface area contributed by atoms with E-state index in [9.17, 15) is 0 Å². The molecule has 1 unspecified atom stereocenters. The van der Waals surface area contributed by atoms with E-state index in [1.165, 1.54) is 25.9 Å². The smallest absolute Gasteiger partial charge is 0.0139 e. The van der Waals surface area contributed by atoms with Crippen LogP contribution in [0.3, 0.4) is 0 Å². The van der Waals surface area contributed by atoms with Gasteiger partial charge in [0.1, 0.15) is 0 Å². The third-order valence-electron chi connectivity index (χ3n) is 2.29. The van der Waals surface area contributed by atoms with Gasteiger partial charge >= 0.3 is 0 Å². The summed E-state index contributed by atoms with van der Waals surface area (Å²) in [5, 5.41) is 0. The molecule has 0 bridgehead atoms. The van der Waals surface area contributed by atoms with Crippen molar-refractivity contribution in [1.29, 1.82) is 0 Å². The van der Waals surface area contributed by atoms with Crippen LogP contribution in [0.15, 0.2) is 0 Å². The highest BCUT2D eigenvalue weighted by atomic mass is 15.1. The van der Waals surface area contributed by atoms with Crippen LogP contribution in [0.25, 0.3) is 0 Å². The molecule has 11 heavy (non-hydrogen) atoms. The van der Waals surface area contributed by atoms with Gasteiger partial charge in [-0.25, -0.2) is 0 Å². The number of likely N-dealkylation sites (tertiary alicyclic amines) is 1. The SMILES string of the molecule is CC1CCCN(C[C@@H](C)N)C1. The molecule has 0 spiro atoms. The van der Waals surface area contributed by atoms with Gasteiger partial charge < -0.3 is 10.6 Å². The van der Waals surface area contributed by atoms with E-state index < -0.39 is 0 Å². The number of hydrogen-bond acceptors (Lipinski definition) is 2. The molecule has 1 fully saturated rings. The van der Waals surface area contributed by atoms with Crippen LogP contribution < -0.4 is 5.73 Å². The topological polar surface area (TPSA) is 29.3 Å². The maximum atomic E-state index is 5.73. The van der Waals surface area contributed by atoms with Gasteiger partial charge in [-0.2, -0.15) is 0 Å². The molecule has 1 aliphatic rings. The van der Waals surface area contributed by atoms with Crippen LogP contribution in [0.5, 0.6) is 0 Å². The van der Waals surface area contributed by atoms with Gasteiger partial charge in [0, 0.05) is 19.1 Å². The monoisotopic (exact) mass is 156 g/mol. The van der Waals surface area contributed by atoms with Crippen molar-refractivity contribution >= 4 is 0 Å². The third kappa shape index (κ3) is 3.21. The van der Waals surface area contributed by atoms with E-state index in [2.05, 4.69) is 18.7 Å². The van der Waals surface area contributed by atoms with Crippen molar-refractivity contribution in [2.75, 3.05) is 19.6 Å². The van der Waals surface area contributed by atoms with Crippen LogP contribution in [0, 0.1) is 5.92 Å². The molecular formula is C9H20N2. The van der Waals surface area contributed by atoms with Crippen molar-refractivity contribution in [3.63, 3.8) is 0 Å². The lowest BCUT2D eigenvalue weighted by Crippen LogP contribution is -2.41. The zero-order chi connectivity index (χ0) is 8.27. The molecular weight excluding hydrogens is 136 g/mol. The summed E-state index contributed by atoms with van der Waals surface area (Å²) < 4.78 is 0. The first-order chi connectivity index (χ1) is 5.18. The summed E-state index contributed by atoms with van der Waals surface area (Å²) in [6.07, 6.45) is 2.75. The molecule has 0 aromatic rings. The van der Waals surface area contributed by atoms with Crippen molar-refractivity contribution in [1.82, 2.24) is 4.90 Å². The quantitative estimate of drug-likeness (QED) is 0.648. The zero-order valence-electron chi connectivity index (χ0n) is 7.71. The Balaban J connectivity index is 2.23. The summed E-state index contributed by atoms with van der Waals surface area (Å²) in [5.74, 6) is 0.877. The average molecular weight is 156 g/mol. The van der Waals surface area contributed by atoms with Gasteiger partial charge in [-0.1, -0.05) is 6.92 Å². The Hall–Kier alpha value is -0.0800. The molecule has 1 saturated heterocycles. The fourth-order valence-corrected chi connectivity index (χ4v) is 1.86. The lowest BCUT2D eigenvalue weighted by molar-refractivity contribution is 0.177. The Labute approximate surface area is 69.8 Å². The molecule has 0 aromatic heterocycles. The number of nitrogens with two attached hydrogens (primary N) is 1. The van der Waals surface area contributed by atoms with Crippen LogP contribution in [-0.2, 0) is 0 Å². The fraction of sp³-hybridized carbons (Fsp3) is 1.00. The average Bonchev–Trinajstić information content (AvgIpc) is 1.85. The van der Waals surface area contributed by atoms with E-state index >= 15 is 0 Å². The molecule has 0 saturated carbocycles. The first-order valence-corrected chi connectivity index (χ1v) is 4.66. The van der Waals surface area contributed by atoms with E-state index in [-0.39, 0.29) is 0 Å². The van der Waals surface area contributed by atoms with Crippen LogP contribution in [-0.4, -0.2) is 30.6 Å². The van der Waals surface area contributed by atoms with Crippen LogP contribution >= 0.6 is 0 Å². The minimum Gasteiger partial charge on any atom is -0.327 e. The second kappa shape index (κ2) is 4.07. The van der Waals surface area contributed by atoms with E-state index in [0.29, 0.717) is 6.04 Å². The minimum atomic E-state index is 0.334. The van der Waals surface area contributed by atoms with Gasteiger partial charge in [0.25, 0.3) is 0 Å². The molecule has 1 heterocycles. The Bertz CT molecular complexity index is 110. The van der Waals surface area contributed by atoms with Crippen molar-refractivity contribution in [3.05, 3.63) is 0 Å². The summed E-state index contributed by atoms with van der Waals surface area (Å²) in [5.41, 5.74) is 5.73. The highest BCUT2D eigenvalue weighted by Gasteiger charge is 2.16. The molecule has 1 aliphatic heterocycles. The molecule has 0 radical (unpaired) electrons. The highest BCUT2D eigenvalue weighted by molar-refractivity contribution is 4.72. The van der Waals surface area contributed by atoms with E-state index in [1.807, 2.05) is 0 Å². The first-order valence-electron chi connectivity index (χ1n) is 4.66. The summed E-state index contributed by atoms with van der Waals surface area (Å²) in [6, 6.07) is 0.334. The molecule has 1 rings (SSSR count). The van der Waals surface area contributed by atoms with Crippen LogP contribution in [0.2, 0.25) is 0 Å². The second-order valence-electron chi connectivity index (χ2n) is 3.98. The molecule has 0 amide bonds. The number of hydrogen-bond donors (Lipinski definition) is 1. The van der Waals surface area contributed by atoms with Crippen LogP contribution in [0.4, 0.5) is 0 Å². The largest absolute Gasteiger partial charge is 0.327 e. The van der Waals surface area contributed by atoms with Gasteiger partial charge in [0.2, 0.25) is 0 Å². The summed E-state index contributed by atoms with van der Waals surface area (Å²) in [7, 11) is 0. The predicted molar refractivity (Wildman–Crippen MR) is 48.5 cm³/mol. The van der Waals surface area contributed by atoms with Crippen molar-refractivity contribution < 1.29 is 0 Å². The van der Waals surface area contributed by atoms with E-state index in [1.54, 1.807) is 0 Å². The first kappa shape index (κ1) is 9.01. The van der Waals surface area contributed by atoms with Crippen molar-refractivity contribution in [2.45, 2.75) is 32.7 Å². The van der Waals surface area contributed by atoms with Crippen molar-refractivity contribution in [2.24, 2.45) is 11.7 Å². The van der Waals surface area contributed by atoms with Gasteiger partial charge in [-0.3, -0.25) is 0 Å². The fourth-order valence-electron chi connectivity index (χ4n) is 1.86. The predicted octanol–water partition coefficient (Wildman–Crippen LogP) is 1.07. The Morgan fingerprint density at radius 2 is 2.36 bits per heavy atom. The maximum absolute atomic E-state index is 5.73. The maximum Gasteiger partial charge on any atom is 0.0139 e. The highest BCUT2D eigenvalue weighted by Crippen LogP contribution is 2.14. The van der Waals surface area contributed by atoms with Crippen LogP contribution in [0.1, 0.15) is 26.7 Å². The van der Waals surface area contributed by atoms with Gasteiger partial charge in [-0.15, -0.1) is 0 Å². The minimum absolute atomic E-state index is 0.334. The number of nitrogens with zero attached hydrogens (tertiary/aromatic N) is 1. The molecule has 2 N–H and O–H groups in total. The Morgan fingerprint density at radius 3 is 2.91 bits per heavy atom. The Kier molecular flexibility index (Phi) is 3.34. The molecule has 0 aromatic carbocycles. The van der Waals surface area contributed by atoms with Gasteiger partial charge in [-0.05, 0) is 32.2 Å². The number of rotatable bonds is 2. The number of piperidine rings is 1. The van der Waals surface area contributed by atoms with Gasteiger partial charge in [0.15, 0.2) is 0 Å². The van der Waals surface area contributed by atoms with Crippen molar-refractivity contribution in [3.8, 4) is 0 Å². The summed E-state index contributed by atoms with van der Waals surface area (Å²) in [6.45, 7) is 7.99. The molecule has 2 atom stereocenters. The molecule has 2 heteroatoms. The van der Waals surface area contributed by atoms with Gasteiger partial charge in [0.05, 0.1) is 0 Å². The Morgan fingerprint density at radius 1 is 1.64 bits per heavy atom. The summed E-state index contributed by atoms with van der Waals surface area (Å²) >= 11 is 0. The summed E-state index contributed by atoms with van der Waals surface area (Å²) in [4.78, 5) is 2.48. The molecule has 0 aliphatic carbocycles. The lowest BCUT2D eigenvalue weighted by atomic mass is 10.00. The molecule has 2 nitrogen and oxygen atoms in total.